The summed E-state index contributed by atoms with van der Waals surface area (Å²) in [5, 5.41) is 10.2. The van der Waals surface area contributed by atoms with E-state index in [0.717, 1.165) is 0 Å². The van der Waals surface area contributed by atoms with Crippen LogP contribution in [0.1, 0.15) is 0 Å². The van der Waals surface area contributed by atoms with Crippen molar-refractivity contribution in [2.45, 2.75) is 0 Å². The highest BCUT2D eigenvalue weighted by atomic mass is 16.6. The van der Waals surface area contributed by atoms with Crippen molar-refractivity contribution in [1.82, 2.24) is 9.55 Å². The lowest BCUT2D eigenvalue weighted by atomic mass is 10.8. The van der Waals surface area contributed by atoms with Crippen molar-refractivity contribution in [3.63, 3.8) is 0 Å². The fourth-order valence-corrected chi connectivity index (χ4v) is 0.646. The topological polar surface area (TPSA) is 61.0 Å². The molecule has 0 spiro atoms. The van der Waals surface area contributed by atoms with E-state index in [1.54, 1.807) is 0 Å². The smallest absolute Gasteiger partial charge is 0.390 e. The molecule has 0 bridgehead atoms. The minimum atomic E-state index is -0.576. The van der Waals surface area contributed by atoms with E-state index in [1.165, 1.54) is 23.2 Å². The zero-order valence-electron chi connectivity index (χ0n) is 5.60. The van der Waals surface area contributed by atoms with Crippen LogP contribution in [0.2, 0.25) is 0 Å². The molecule has 0 aliphatic heterocycles. The molecule has 5 nitrogen and oxygen atoms in total. The molecule has 1 heterocycles. The SMILES string of the molecule is C=C=Cn1ccnc1[N+](=O)[O-]. The predicted octanol–water partition coefficient (Wildman–Crippen LogP) is 1.05. The fourth-order valence-electron chi connectivity index (χ4n) is 0.646. The summed E-state index contributed by atoms with van der Waals surface area (Å²) < 4.78 is 1.23. The van der Waals surface area contributed by atoms with E-state index in [2.05, 4.69) is 17.3 Å². The largest absolute Gasteiger partial charge is 0.439 e. The van der Waals surface area contributed by atoms with Crippen LogP contribution in [-0.4, -0.2) is 14.5 Å². The first-order valence-corrected chi connectivity index (χ1v) is 2.79. The molecule has 1 aromatic heterocycles. The maximum Gasteiger partial charge on any atom is 0.439 e. The van der Waals surface area contributed by atoms with Crippen LogP contribution in [0.5, 0.6) is 0 Å². The average Bonchev–Trinajstić information content (AvgIpc) is 2.36. The molecular formula is C6H5N3O2. The Kier molecular flexibility index (Phi) is 1.85. The predicted molar refractivity (Wildman–Crippen MR) is 38.8 cm³/mol. The molecule has 1 rings (SSSR count). The summed E-state index contributed by atoms with van der Waals surface area (Å²) in [6.45, 7) is 3.28. The molecule has 11 heavy (non-hydrogen) atoms. The van der Waals surface area contributed by atoms with E-state index >= 15 is 0 Å². The van der Waals surface area contributed by atoms with Gasteiger partial charge in [-0.15, -0.1) is 0 Å². The van der Waals surface area contributed by atoms with Crippen LogP contribution in [0, 0.1) is 10.1 Å². The van der Waals surface area contributed by atoms with Gasteiger partial charge in [0.05, 0.1) is 0 Å². The van der Waals surface area contributed by atoms with Gasteiger partial charge in [-0.05, 0) is 4.92 Å². The second-order valence-electron chi connectivity index (χ2n) is 1.72. The molecule has 0 N–H and O–H groups in total. The van der Waals surface area contributed by atoms with Gasteiger partial charge < -0.3 is 10.1 Å². The van der Waals surface area contributed by atoms with E-state index in [9.17, 15) is 10.1 Å². The fraction of sp³-hybridized carbons (Fsp3) is 0. The van der Waals surface area contributed by atoms with Gasteiger partial charge in [0, 0.05) is 0 Å². The van der Waals surface area contributed by atoms with Crippen LogP contribution in [-0.2, 0) is 0 Å². The third-order valence-corrected chi connectivity index (χ3v) is 1.04. The van der Waals surface area contributed by atoms with Gasteiger partial charge in [0.2, 0.25) is 0 Å². The summed E-state index contributed by atoms with van der Waals surface area (Å²) in [7, 11) is 0. The van der Waals surface area contributed by atoms with Crippen LogP contribution < -0.4 is 0 Å². The number of nitro groups is 1. The van der Waals surface area contributed by atoms with Crippen LogP contribution in [0.25, 0.3) is 6.20 Å². The Morgan fingerprint density at radius 1 is 1.91 bits per heavy atom. The van der Waals surface area contributed by atoms with Gasteiger partial charge >= 0.3 is 5.95 Å². The molecule has 56 valence electrons. The lowest BCUT2D eigenvalue weighted by molar-refractivity contribution is -0.395. The van der Waals surface area contributed by atoms with Crippen molar-refractivity contribution >= 4 is 12.1 Å². The van der Waals surface area contributed by atoms with E-state index in [-0.39, 0.29) is 5.95 Å². The van der Waals surface area contributed by atoms with Gasteiger partial charge in [-0.3, -0.25) is 0 Å². The third-order valence-electron chi connectivity index (χ3n) is 1.04. The first-order chi connectivity index (χ1) is 5.25. The van der Waals surface area contributed by atoms with Crippen molar-refractivity contribution in [1.29, 1.82) is 0 Å². The van der Waals surface area contributed by atoms with Gasteiger partial charge in [-0.25, -0.2) is 0 Å². The lowest BCUT2D eigenvalue weighted by Crippen LogP contribution is -1.95. The first kappa shape index (κ1) is 7.24. The van der Waals surface area contributed by atoms with Crippen molar-refractivity contribution in [3.05, 3.63) is 34.8 Å². The second-order valence-corrected chi connectivity index (χ2v) is 1.72. The van der Waals surface area contributed by atoms with Gasteiger partial charge in [0.25, 0.3) is 0 Å². The number of nitrogens with zero attached hydrogens (tertiary/aromatic N) is 3. The molecule has 5 heteroatoms. The molecule has 0 aromatic carbocycles. The normalized spacial score (nSPS) is 8.73. The zero-order valence-corrected chi connectivity index (χ0v) is 5.60. The average molecular weight is 151 g/mol. The summed E-state index contributed by atoms with van der Waals surface area (Å²) in [5.74, 6) is -0.235. The maximum absolute atomic E-state index is 10.2. The highest BCUT2D eigenvalue weighted by Crippen LogP contribution is 2.06. The minimum Gasteiger partial charge on any atom is -0.390 e. The summed E-state index contributed by atoms with van der Waals surface area (Å²) in [4.78, 5) is 13.1. The summed E-state index contributed by atoms with van der Waals surface area (Å²) in [6, 6.07) is 0. The molecular weight excluding hydrogens is 146 g/mol. The monoisotopic (exact) mass is 151 g/mol. The van der Waals surface area contributed by atoms with Crippen LogP contribution in [0.3, 0.4) is 0 Å². The highest BCUT2D eigenvalue weighted by Gasteiger charge is 2.10. The molecule has 0 aliphatic carbocycles. The van der Waals surface area contributed by atoms with Crippen molar-refractivity contribution in [3.8, 4) is 0 Å². The van der Waals surface area contributed by atoms with E-state index in [1.807, 2.05) is 0 Å². The number of aromatic nitrogens is 2. The standard InChI is InChI=1S/C6H5N3O2/c1-2-4-8-5-3-7-6(8)9(10)11/h3-5H,1H2. The van der Waals surface area contributed by atoms with Crippen LogP contribution >= 0.6 is 0 Å². The minimum absolute atomic E-state index is 0.235. The molecule has 0 saturated heterocycles. The summed E-state index contributed by atoms with van der Waals surface area (Å²) in [6.07, 6.45) is 4.13. The quantitative estimate of drug-likeness (QED) is 0.360. The van der Waals surface area contributed by atoms with E-state index in [4.69, 9.17) is 0 Å². The lowest BCUT2D eigenvalue weighted by Gasteiger charge is -1.91. The zero-order chi connectivity index (χ0) is 8.27. The Morgan fingerprint density at radius 3 is 3.18 bits per heavy atom. The molecule has 0 saturated carbocycles. The summed E-state index contributed by atoms with van der Waals surface area (Å²) in [5.41, 5.74) is 2.41. The Hall–Kier alpha value is -1.87. The van der Waals surface area contributed by atoms with E-state index < -0.39 is 4.92 Å². The van der Waals surface area contributed by atoms with Crippen molar-refractivity contribution < 1.29 is 4.92 Å². The maximum atomic E-state index is 10.2. The molecule has 0 aliphatic rings. The Labute approximate surface area is 62.4 Å². The van der Waals surface area contributed by atoms with Gasteiger partial charge in [0.15, 0.2) is 0 Å². The Morgan fingerprint density at radius 2 is 2.64 bits per heavy atom. The molecule has 0 unspecified atom stereocenters. The van der Waals surface area contributed by atoms with Crippen LogP contribution in [0.4, 0.5) is 5.95 Å². The molecule has 0 radical (unpaired) electrons. The first-order valence-electron chi connectivity index (χ1n) is 2.79. The van der Waals surface area contributed by atoms with Crippen molar-refractivity contribution in [2.24, 2.45) is 0 Å². The van der Waals surface area contributed by atoms with Crippen molar-refractivity contribution in [2.75, 3.05) is 0 Å². The number of rotatable bonds is 2. The third kappa shape index (κ3) is 1.33. The molecule has 0 fully saturated rings. The Balaban J connectivity index is 3.15. The number of hydrogen-bond acceptors (Lipinski definition) is 3. The number of imidazole rings is 1. The molecule has 1 aromatic rings. The Bertz CT molecular complexity index is 306. The van der Waals surface area contributed by atoms with Crippen LogP contribution in [0.15, 0.2) is 24.7 Å². The second kappa shape index (κ2) is 2.81. The molecule has 0 atom stereocenters. The van der Waals surface area contributed by atoms with E-state index in [0.29, 0.717) is 0 Å². The highest BCUT2D eigenvalue weighted by molar-refractivity contribution is 5.28. The van der Waals surface area contributed by atoms with Gasteiger partial charge in [-0.2, -0.15) is 4.57 Å². The molecule has 0 amide bonds. The number of hydrogen-bond donors (Lipinski definition) is 0. The van der Waals surface area contributed by atoms with Gasteiger partial charge in [0.1, 0.15) is 18.6 Å². The van der Waals surface area contributed by atoms with Gasteiger partial charge in [-0.1, -0.05) is 17.3 Å². The summed E-state index contributed by atoms with van der Waals surface area (Å²) >= 11 is 0.